The lowest BCUT2D eigenvalue weighted by atomic mass is 9.99. The van der Waals surface area contributed by atoms with Crippen molar-refractivity contribution in [3.63, 3.8) is 0 Å². The van der Waals surface area contributed by atoms with Gasteiger partial charge in [-0.1, -0.05) is 30.3 Å². The Balaban J connectivity index is 2.32. The first-order valence-electron chi connectivity index (χ1n) is 5.39. The Labute approximate surface area is 102 Å². The summed E-state index contributed by atoms with van der Waals surface area (Å²) in [7, 11) is 0. The summed E-state index contributed by atoms with van der Waals surface area (Å²) in [5.74, 6) is -0.127. The number of nitrogens with two attached hydrogens (primary N) is 1. The van der Waals surface area contributed by atoms with Gasteiger partial charge in [-0.05, 0) is 5.56 Å². The predicted octanol–water partition coefficient (Wildman–Crippen LogP) is 2.52. The zero-order valence-corrected chi connectivity index (χ0v) is 9.41. The molecule has 0 aliphatic rings. The van der Waals surface area contributed by atoms with Gasteiger partial charge in [0.05, 0.1) is 12.1 Å². The zero-order valence-electron chi connectivity index (χ0n) is 9.41. The second kappa shape index (κ2) is 4.81. The van der Waals surface area contributed by atoms with Crippen molar-refractivity contribution in [2.24, 2.45) is 5.73 Å². The Morgan fingerprint density at radius 2 is 1.89 bits per heavy atom. The van der Waals surface area contributed by atoms with Crippen molar-refractivity contribution in [1.82, 2.24) is 9.97 Å². The van der Waals surface area contributed by atoms with E-state index in [2.05, 4.69) is 9.97 Å². The van der Waals surface area contributed by atoms with E-state index in [4.69, 9.17) is 5.73 Å². The summed E-state index contributed by atoms with van der Waals surface area (Å²) in [6.07, 6.45) is -3.62. The number of hydrogen-bond acceptors (Lipinski definition) is 2. The third kappa shape index (κ3) is 2.53. The van der Waals surface area contributed by atoms with E-state index in [0.29, 0.717) is 0 Å². The van der Waals surface area contributed by atoms with Crippen LogP contribution in [0.15, 0.2) is 36.5 Å². The number of hydrogen-bond donors (Lipinski definition) is 2. The molecular formula is C12H12F3N3. The fourth-order valence-corrected chi connectivity index (χ4v) is 1.75. The molecule has 1 unspecified atom stereocenters. The summed E-state index contributed by atoms with van der Waals surface area (Å²) in [6.45, 7) is 0.189. The van der Waals surface area contributed by atoms with Gasteiger partial charge in [-0.2, -0.15) is 13.2 Å². The molecule has 0 aliphatic carbocycles. The largest absolute Gasteiger partial charge is 0.432 e. The molecule has 0 radical (unpaired) electrons. The third-order valence-electron chi connectivity index (χ3n) is 2.67. The number of nitrogens with one attached hydrogen (secondary N) is 1. The summed E-state index contributed by atoms with van der Waals surface area (Å²) in [5, 5.41) is 0. The van der Waals surface area contributed by atoms with Gasteiger partial charge in [0.15, 0.2) is 0 Å². The molecule has 1 atom stereocenters. The van der Waals surface area contributed by atoms with E-state index in [9.17, 15) is 13.2 Å². The van der Waals surface area contributed by atoms with Crippen molar-refractivity contribution in [3.05, 3.63) is 53.6 Å². The molecule has 0 aliphatic heterocycles. The molecule has 1 aromatic heterocycles. The van der Waals surface area contributed by atoms with Crippen LogP contribution in [0.1, 0.15) is 23.0 Å². The van der Waals surface area contributed by atoms with Crippen molar-refractivity contribution < 1.29 is 13.2 Å². The molecule has 1 aromatic carbocycles. The third-order valence-corrected chi connectivity index (χ3v) is 2.67. The van der Waals surface area contributed by atoms with E-state index in [-0.39, 0.29) is 18.3 Å². The lowest BCUT2D eigenvalue weighted by molar-refractivity contribution is -0.140. The molecule has 6 heteroatoms. The Kier molecular flexibility index (Phi) is 3.38. The van der Waals surface area contributed by atoms with Gasteiger partial charge in [-0.25, -0.2) is 4.98 Å². The van der Waals surface area contributed by atoms with Crippen LogP contribution in [0.3, 0.4) is 0 Å². The summed E-state index contributed by atoms with van der Waals surface area (Å²) in [6, 6.07) is 9.08. The monoisotopic (exact) mass is 255 g/mol. The Bertz CT molecular complexity index is 505. The van der Waals surface area contributed by atoms with Gasteiger partial charge in [0, 0.05) is 6.54 Å². The summed E-state index contributed by atoms with van der Waals surface area (Å²) in [5.41, 5.74) is 5.60. The van der Waals surface area contributed by atoms with Gasteiger partial charge < -0.3 is 10.7 Å². The van der Waals surface area contributed by atoms with E-state index >= 15 is 0 Å². The van der Waals surface area contributed by atoms with Crippen molar-refractivity contribution >= 4 is 0 Å². The van der Waals surface area contributed by atoms with Gasteiger partial charge in [0.1, 0.15) is 11.5 Å². The lowest BCUT2D eigenvalue weighted by Crippen LogP contribution is -2.15. The smallest absolute Gasteiger partial charge is 0.338 e. The number of alkyl halides is 3. The normalized spacial score (nSPS) is 13.6. The van der Waals surface area contributed by atoms with E-state index in [0.717, 1.165) is 11.8 Å². The molecule has 0 bridgehead atoms. The summed E-state index contributed by atoms with van der Waals surface area (Å²) >= 11 is 0. The standard InChI is InChI=1S/C12H12F3N3/c13-12(14,15)10-7-17-11(18-10)9(6-16)8-4-2-1-3-5-8/h1-5,7,9H,6,16H2,(H,17,18). The van der Waals surface area contributed by atoms with E-state index in [1.54, 1.807) is 0 Å². The average Bonchev–Trinajstić information content (AvgIpc) is 2.81. The maximum absolute atomic E-state index is 12.5. The predicted molar refractivity (Wildman–Crippen MR) is 60.9 cm³/mol. The minimum Gasteiger partial charge on any atom is -0.338 e. The van der Waals surface area contributed by atoms with Crippen LogP contribution in [0, 0.1) is 0 Å². The van der Waals surface area contributed by atoms with Crippen molar-refractivity contribution in [2.75, 3.05) is 6.54 Å². The molecule has 0 spiro atoms. The van der Waals surface area contributed by atoms with Gasteiger partial charge in [0.2, 0.25) is 0 Å². The van der Waals surface area contributed by atoms with Crippen LogP contribution in [0.4, 0.5) is 13.2 Å². The molecule has 2 aromatic rings. The number of halogens is 3. The maximum Gasteiger partial charge on any atom is 0.432 e. The zero-order chi connectivity index (χ0) is 13.2. The fraction of sp³-hybridized carbons (Fsp3) is 0.250. The van der Waals surface area contributed by atoms with E-state index in [1.165, 1.54) is 0 Å². The number of aromatic amines is 1. The highest BCUT2D eigenvalue weighted by Crippen LogP contribution is 2.29. The second-order valence-corrected chi connectivity index (χ2v) is 3.88. The molecule has 2 rings (SSSR count). The number of rotatable bonds is 3. The van der Waals surface area contributed by atoms with E-state index in [1.807, 2.05) is 30.3 Å². The molecule has 18 heavy (non-hydrogen) atoms. The van der Waals surface area contributed by atoms with Gasteiger partial charge in [0.25, 0.3) is 0 Å². The maximum atomic E-state index is 12.5. The quantitative estimate of drug-likeness (QED) is 0.885. The van der Waals surface area contributed by atoms with Crippen LogP contribution >= 0.6 is 0 Å². The summed E-state index contributed by atoms with van der Waals surface area (Å²) < 4.78 is 37.4. The molecular weight excluding hydrogens is 243 g/mol. The Morgan fingerprint density at radius 1 is 1.22 bits per heavy atom. The highest BCUT2D eigenvalue weighted by molar-refractivity contribution is 5.26. The number of aromatic nitrogens is 2. The highest BCUT2D eigenvalue weighted by Gasteiger charge is 2.33. The second-order valence-electron chi connectivity index (χ2n) is 3.88. The molecule has 0 fully saturated rings. The fourth-order valence-electron chi connectivity index (χ4n) is 1.75. The molecule has 0 saturated carbocycles. The molecule has 3 N–H and O–H groups in total. The molecule has 0 saturated heterocycles. The minimum atomic E-state index is -4.42. The van der Waals surface area contributed by atoms with Crippen molar-refractivity contribution in [1.29, 1.82) is 0 Å². The van der Waals surface area contributed by atoms with Crippen molar-refractivity contribution in [3.8, 4) is 0 Å². The van der Waals surface area contributed by atoms with Gasteiger partial charge in [-0.3, -0.25) is 0 Å². The Hall–Kier alpha value is -1.82. The first kappa shape index (κ1) is 12.6. The van der Waals surface area contributed by atoms with Crippen LogP contribution in [0.25, 0.3) is 0 Å². The lowest BCUT2D eigenvalue weighted by Gasteiger charge is -2.12. The van der Waals surface area contributed by atoms with Crippen LogP contribution < -0.4 is 5.73 Å². The average molecular weight is 255 g/mol. The van der Waals surface area contributed by atoms with Crippen molar-refractivity contribution in [2.45, 2.75) is 12.1 Å². The first-order chi connectivity index (χ1) is 8.52. The van der Waals surface area contributed by atoms with Gasteiger partial charge in [-0.15, -0.1) is 0 Å². The first-order valence-corrected chi connectivity index (χ1v) is 5.39. The number of imidazole rings is 1. The Morgan fingerprint density at radius 3 is 2.39 bits per heavy atom. The summed E-state index contributed by atoms with van der Waals surface area (Å²) in [4.78, 5) is 6.06. The van der Waals surface area contributed by atoms with E-state index < -0.39 is 11.9 Å². The number of benzene rings is 1. The number of nitrogens with zero attached hydrogens (tertiary/aromatic N) is 1. The van der Waals surface area contributed by atoms with Gasteiger partial charge >= 0.3 is 6.18 Å². The topological polar surface area (TPSA) is 54.7 Å². The highest BCUT2D eigenvalue weighted by atomic mass is 19.4. The SMILES string of the molecule is NCC(c1ccccc1)c1ncc(C(F)(F)F)[nH]1. The molecule has 0 amide bonds. The minimum absolute atomic E-state index is 0.189. The molecule has 96 valence electrons. The molecule has 1 heterocycles. The molecule has 3 nitrogen and oxygen atoms in total. The van der Waals surface area contributed by atoms with Crippen LogP contribution in [0.2, 0.25) is 0 Å². The van der Waals surface area contributed by atoms with Crippen LogP contribution in [-0.2, 0) is 6.18 Å². The number of H-pyrrole nitrogens is 1. The van der Waals surface area contributed by atoms with Crippen LogP contribution in [0.5, 0.6) is 0 Å². The van der Waals surface area contributed by atoms with Crippen LogP contribution in [-0.4, -0.2) is 16.5 Å².